The van der Waals surface area contributed by atoms with Crippen molar-refractivity contribution in [2.45, 2.75) is 0 Å². The molecule has 0 unspecified atom stereocenters. The highest BCUT2D eigenvalue weighted by Crippen LogP contribution is 2.23. The fourth-order valence-corrected chi connectivity index (χ4v) is 1.89. The first-order chi connectivity index (χ1) is 8.59. The van der Waals surface area contributed by atoms with Crippen LogP contribution < -0.4 is 5.32 Å². The van der Waals surface area contributed by atoms with Crippen molar-refractivity contribution < 1.29 is 9.18 Å². The summed E-state index contributed by atoms with van der Waals surface area (Å²) in [5.41, 5.74) is 0.403. The first-order valence-electron chi connectivity index (χ1n) is 4.95. The number of nitrogens with one attached hydrogen (secondary N) is 1. The fourth-order valence-electron chi connectivity index (χ4n) is 1.35. The van der Waals surface area contributed by atoms with Crippen LogP contribution in [0.5, 0.6) is 0 Å². The molecule has 0 aliphatic heterocycles. The van der Waals surface area contributed by atoms with E-state index in [0.29, 0.717) is 10.2 Å². The van der Waals surface area contributed by atoms with Crippen molar-refractivity contribution >= 4 is 39.1 Å². The number of benzene rings is 1. The van der Waals surface area contributed by atoms with Crippen LogP contribution in [-0.2, 0) is 0 Å². The lowest BCUT2D eigenvalue weighted by atomic mass is 10.2. The van der Waals surface area contributed by atoms with Gasteiger partial charge in [-0.05, 0) is 34.1 Å². The zero-order valence-corrected chi connectivity index (χ0v) is 11.3. The Kier molecular flexibility index (Phi) is 3.93. The smallest absolute Gasteiger partial charge is 0.258 e. The largest absolute Gasteiger partial charge is 0.321 e. The summed E-state index contributed by atoms with van der Waals surface area (Å²) >= 11 is 8.80. The Morgan fingerprint density at radius 1 is 1.33 bits per heavy atom. The van der Waals surface area contributed by atoms with Crippen molar-refractivity contribution in [1.29, 1.82) is 0 Å². The second-order valence-corrected chi connectivity index (χ2v) is 4.61. The number of halogens is 3. The second kappa shape index (κ2) is 5.46. The van der Waals surface area contributed by atoms with Crippen LogP contribution in [-0.4, -0.2) is 10.9 Å². The maximum Gasteiger partial charge on any atom is 0.258 e. The number of carbonyl (C=O) groups is 1. The van der Waals surface area contributed by atoms with Crippen LogP contribution in [0.15, 0.2) is 41.0 Å². The van der Waals surface area contributed by atoms with E-state index >= 15 is 0 Å². The van der Waals surface area contributed by atoms with Crippen LogP contribution in [0.4, 0.5) is 10.1 Å². The Balaban J connectivity index is 2.28. The van der Waals surface area contributed by atoms with E-state index in [0.717, 1.165) is 0 Å². The first-order valence-corrected chi connectivity index (χ1v) is 6.12. The zero-order chi connectivity index (χ0) is 13.1. The molecule has 18 heavy (non-hydrogen) atoms. The van der Waals surface area contributed by atoms with Gasteiger partial charge in [-0.15, -0.1) is 0 Å². The molecule has 1 aromatic heterocycles. The van der Waals surface area contributed by atoms with Crippen LogP contribution in [0.2, 0.25) is 5.15 Å². The third kappa shape index (κ3) is 2.68. The van der Waals surface area contributed by atoms with Gasteiger partial charge < -0.3 is 5.32 Å². The molecule has 0 atom stereocenters. The predicted octanol–water partition coefficient (Wildman–Crippen LogP) is 3.89. The third-order valence-corrected chi connectivity index (χ3v) is 3.17. The maximum absolute atomic E-state index is 13.6. The molecular formula is C12H7BrClFN2O. The van der Waals surface area contributed by atoms with Crippen molar-refractivity contribution in [1.82, 2.24) is 4.98 Å². The number of anilines is 1. The summed E-state index contributed by atoms with van der Waals surface area (Å²) in [6.45, 7) is 0. The minimum absolute atomic E-state index is 0.147. The van der Waals surface area contributed by atoms with Crippen LogP contribution >= 0.6 is 27.5 Å². The molecule has 6 heteroatoms. The molecule has 0 aliphatic rings. The minimum atomic E-state index is -0.830. The molecule has 0 saturated carbocycles. The van der Waals surface area contributed by atoms with Crippen LogP contribution in [0, 0.1) is 5.82 Å². The van der Waals surface area contributed by atoms with Crippen LogP contribution in [0.3, 0.4) is 0 Å². The highest BCUT2D eigenvalue weighted by molar-refractivity contribution is 9.10. The average Bonchev–Trinajstić information content (AvgIpc) is 2.35. The summed E-state index contributed by atoms with van der Waals surface area (Å²) in [7, 11) is 0. The molecule has 0 bridgehead atoms. The number of hydrogen-bond donors (Lipinski definition) is 1. The van der Waals surface area contributed by atoms with Gasteiger partial charge in [0.25, 0.3) is 5.91 Å². The normalized spacial score (nSPS) is 10.2. The van der Waals surface area contributed by atoms with E-state index in [-0.39, 0.29) is 10.7 Å². The summed E-state index contributed by atoms with van der Waals surface area (Å²) in [5.74, 6) is -1.41. The van der Waals surface area contributed by atoms with Gasteiger partial charge in [0.1, 0.15) is 0 Å². The molecule has 1 N–H and O–H groups in total. The quantitative estimate of drug-likeness (QED) is 0.849. The first kappa shape index (κ1) is 13.0. The highest BCUT2D eigenvalue weighted by Gasteiger charge is 2.15. The third-order valence-electron chi connectivity index (χ3n) is 2.21. The van der Waals surface area contributed by atoms with Gasteiger partial charge in [0, 0.05) is 10.7 Å². The van der Waals surface area contributed by atoms with Gasteiger partial charge in [0.05, 0.1) is 11.3 Å². The number of hydrogen-bond acceptors (Lipinski definition) is 2. The number of nitrogens with zero attached hydrogens (tertiary/aromatic N) is 1. The highest BCUT2D eigenvalue weighted by atomic mass is 79.9. The molecule has 1 heterocycles. The summed E-state index contributed by atoms with van der Waals surface area (Å²) in [6.07, 6.45) is 1.28. The lowest BCUT2D eigenvalue weighted by Crippen LogP contribution is -2.14. The maximum atomic E-state index is 13.6. The summed E-state index contributed by atoms with van der Waals surface area (Å²) in [6, 6.07) is 8.31. The lowest BCUT2D eigenvalue weighted by molar-refractivity contribution is 0.102. The number of pyridine rings is 1. The van der Waals surface area contributed by atoms with E-state index in [9.17, 15) is 9.18 Å². The minimum Gasteiger partial charge on any atom is -0.321 e. The summed E-state index contributed by atoms with van der Waals surface area (Å²) in [5, 5.41) is 2.26. The van der Waals surface area contributed by atoms with Gasteiger partial charge in [-0.25, -0.2) is 9.37 Å². The number of rotatable bonds is 2. The van der Waals surface area contributed by atoms with Gasteiger partial charge in [0.15, 0.2) is 11.0 Å². The lowest BCUT2D eigenvalue weighted by Gasteiger charge is -2.07. The molecule has 1 amide bonds. The van der Waals surface area contributed by atoms with Crippen molar-refractivity contribution in [3.05, 3.63) is 57.5 Å². The predicted molar refractivity (Wildman–Crippen MR) is 71.3 cm³/mol. The number of carbonyl (C=O) groups excluding carboxylic acids is 1. The van der Waals surface area contributed by atoms with E-state index in [2.05, 4.69) is 26.2 Å². The Bertz CT molecular complexity index is 606. The molecule has 3 nitrogen and oxygen atoms in total. The SMILES string of the molecule is O=C(Nc1ccccc1Br)c1ccnc(Cl)c1F. The summed E-state index contributed by atoms with van der Waals surface area (Å²) < 4.78 is 14.3. The Morgan fingerprint density at radius 2 is 2.06 bits per heavy atom. The van der Waals surface area contributed by atoms with Crippen molar-refractivity contribution in [2.75, 3.05) is 5.32 Å². The van der Waals surface area contributed by atoms with Crippen molar-refractivity contribution in [3.63, 3.8) is 0 Å². The van der Waals surface area contributed by atoms with Gasteiger partial charge in [-0.2, -0.15) is 0 Å². The Morgan fingerprint density at radius 3 is 2.78 bits per heavy atom. The van der Waals surface area contributed by atoms with Crippen LogP contribution in [0.1, 0.15) is 10.4 Å². The molecule has 2 aromatic rings. The fraction of sp³-hybridized carbons (Fsp3) is 0. The van der Waals surface area contributed by atoms with E-state index in [1.54, 1.807) is 18.2 Å². The van der Waals surface area contributed by atoms with E-state index < -0.39 is 11.7 Å². The number of aromatic nitrogens is 1. The van der Waals surface area contributed by atoms with E-state index in [1.165, 1.54) is 12.3 Å². The van der Waals surface area contributed by atoms with Gasteiger partial charge in [-0.1, -0.05) is 23.7 Å². The molecule has 0 spiro atoms. The number of para-hydroxylation sites is 1. The Hall–Kier alpha value is -1.46. The van der Waals surface area contributed by atoms with Crippen molar-refractivity contribution in [2.24, 2.45) is 0 Å². The topological polar surface area (TPSA) is 42.0 Å². The van der Waals surface area contributed by atoms with Crippen LogP contribution in [0.25, 0.3) is 0 Å². The molecule has 0 saturated heterocycles. The molecule has 0 fully saturated rings. The van der Waals surface area contributed by atoms with Gasteiger partial charge in [0.2, 0.25) is 0 Å². The van der Waals surface area contributed by atoms with E-state index in [4.69, 9.17) is 11.6 Å². The van der Waals surface area contributed by atoms with E-state index in [1.807, 2.05) is 6.07 Å². The molecule has 0 aliphatic carbocycles. The Labute approximate surface area is 116 Å². The second-order valence-electron chi connectivity index (χ2n) is 3.40. The molecule has 92 valence electrons. The number of amides is 1. The zero-order valence-electron chi connectivity index (χ0n) is 8.95. The van der Waals surface area contributed by atoms with Gasteiger partial charge >= 0.3 is 0 Å². The average molecular weight is 330 g/mol. The molecule has 2 rings (SSSR count). The monoisotopic (exact) mass is 328 g/mol. The molecular weight excluding hydrogens is 322 g/mol. The van der Waals surface area contributed by atoms with Gasteiger partial charge in [-0.3, -0.25) is 4.79 Å². The molecule has 0 radical (unpaired) electrons. The molecule has 1 aromatic carbocycles. The summed E-state index contributed by atoms with van der Waals surface area (Å²) in [4.78, 5) is 15.4. The standard InChI is InChI=1S/C12H7BrClFN2O/c13-8-3-1-2-4-9(8)17-12(18)7-5-6-16-11(14)10(7)15/h1-6H,(H,17,18). The van der Waals surface area contributed by atoms with Crippen molar-refractivity contribution in [3.8, 4) is 0 Å².